The second-order valence-corrected chi connectivity index (χ2v) is 4.75. The molecule has 1 heterocycles. The van der Waals surface area contributed by atoms with Crippen molar-refractivity contribution in [3.8, 4) is 11.8 Å². The number of aryl methyl sites for hydroxylation is 1. The number of nitrogens with zero attached hydrogens (tertiary/aromatic N) is 1. The van der Waals surface area contributed by atoms with Gasteiger partial charge in [-0.05, 0) is 24.3 Å². The molecule has 1 aromatic carbocycles. The van der Waals surface area contributed by atoms with E-state index in [0.717, 1.165) is 0 Å². The molecule has 108 valence electrons. The minimum atomic E-state index is -0.563. The Morgan fingerprint density at radius 1 is 1.48 bits per heavy atom. The molecule has 3 N–H and O–H groups in total. The number of aromatic nitrogens is 1. The molecule has 0 aliphatic rings. The summed E-state index contributed by atoms with van der Waals surface area (Å²) in [6.07, 6.45) is 1.60. The Hall–Kier alpha value is -2.29. The van der Waals surface area contributed by atoms with Crippen molar-refractivity contribution in [2.75, 3.05) is 11.9 Å². The summed E-state index contributed by atoms with van der Waals surface area (Å²) in [5.74, 6) is 4.35. The molecule has 1 aromatic heterocycles. The number of carbonyl (C=O) groups is 1. The van der Waals surface area contributed by atoms with Crippen molar-refractivity contribution < 1.29 is 9.18 Å². The van der Waals surface area contributed by atoms with Crippen molar-refractivity contribution in [1.82, 2.24) is 4.57 Å². The maximum atomic E-state index is 13.9. The molecule has 4 nitrogen and oxygen atoms in total. The van der Waals surface area contributed by atoms with Crippen LogP contribution in [0.5, 0.6) is 0 Å². The van der Waals surface area contributed by atoms with Crippen LogP contribution in [-0.4, -0.2) is 17.0 Å². The van der Waals surface area contributed by atoms with E-state index < -0.39 is 11.7 Å². The lowest BCUT2D eigenvalue weighted by Crippen LogP contribution is -2.16. The van der Waals surface area contributed by atoms with Crippen molar-refractivity contribution in [2.45, 2.75) is 0 Å². The predicted octanol–water partition coefficient (Wildman–Crippen LogP) is 2.38. The molecule has 0 aliphatic carbocycles. The van der Waals surface area contributed by atoms with Crippen molar-refractivity contribution in [1.29, 1.82) is 0 Å². The SMILES string of the molecule is Cn1cc(Cl)cc1C(=O)Nc1ccc(C#CCN)cc1F. The number of benzene rings is 1. The normalized spacial score (nSPS) is 9.90. The van der Waals surface area contributed by atoms with Crippen LogP contribution in [0.1, 0.15) is 16.1 Å². The molecule has 0 bridgehead atoms. The van der Waals surface area contributed by atoms with Gasteiger partial charge in [-0.15, -0.1) is 0 Å². The molecule has 6 heteroatoms. The van der Waals surface area contributed by atoms with Crippen LogP contribution in [0.4, 0.5) is 10.1 Å². The Bertz CT molecular complexity index is 743. The summed E-state index contributed by atoms with van der Waals surface area (Å²) in [5.41, 5.74) is 6.17. The Morgan fingerprint density at radius 2 is 2.24 bits per heavy atom. The topological polar surface area (TPSA) is 60.0 Å². The second kappa shape index (κ2) is 6.44. The first-order valence-electron chi connectivity index (χ1n) is 6.13. The number of halogens is 2. The van der Waals surface area contributed by atoms with Gasteiger partial charge in [-0.1, -0.05) is 23.4 Å². The van der Waals surface area contributed by atoms with Gasteiger partial charge in [0.25, 0.3) is 5.91 Å². The molecule has 21 heavy (non-hydrogen) atoms. The first-order valence-corrected chi connectivity index (χ1v) is 6.50. The van der Waals surface area contributed by atoms with Gasteiger partial charge in [0.15, 0.2) is 0 Å². The highest BCUT2D eigenvalue weighted by Gasteiger charge is 2.13. The second-order valence-electron chi connectivity index (χ2n) is 4.31. The van der Waals surface area contributed by atoms with E-state index in [1.165, 1.54) is 18.2 Å². The molecule has 0 fully saturated rings. The Balaban J connectivity index is 2.20. The largest absolute Gasteiger partial charge is 0.345 e. The molecule has 0 spiro atoms. The van der Waals surface area contributed by atoms with E-state index in [9.17, 15) is 9.18 Å². The van der Waals surface area contributed by atoms with Crippen molar-refractivity contribution in [3.63, 3.8) is 0 Å². The van der Waals surface area contributed by atoms with Gasteiger partial charge >= 0.3 is 0 Å². The minimum Gasteiger partial charge on any atom is -0.345 e. The van der Waals surface area contributed by atoms with Crippen LogP contribution in [0, 0.1) is 17.7 Å². The lowest BCUT2D eigenvalue weighted by Gasteiger charge is -2.07. The average molecular weight is 306 g/mol. The van der Waals surface area contributed by atoms with E-state index in [-0.39, 0.29) is 12.2 Å². The fourth-order valence-corrected chi connectivity index (χ4v) is 2.03. The quantitative estimate of drug-likeness (QED) is 0.837. The summed E-state index contributed by atoms with van der Waals surface area (Å²) in [6, 6.07) is 5.82. The van der Waals surface area contributed by atoms with Crippen molar-refractivity contribution in [2.24, 2.45) is 12.8 Å². The standard InChI is InChI=1S/C15H13ClFN3O/c1-20-9-11(16)8-14(20)15(21)19-13-5-4-10(3-2-6-18)7-12(13)17/h4-5,7-9H,6,18H2,1H3,(H,19,21). The summed E-state index contributed by atoms with van der Waals surface area (Å²) in [5, 5.41) is 2.94. The number of carbonyl (C=O) groups excluding carboxylic acids is 1. The molecular formula is C15H13ClFN3O. The molecule has 0 unspecified atom stereocenters. The van der Waals surface area contributed by atoms with Gasteiger partial charge in [0.2, 0.25) is 0 Å². The lowest BCUT2D eigenvalue weighted by molar-refractivity contribution is 0.101. The Kier molecular flexibility index (Phi) is 4.63. The smallest absolute Gasteiger partial charge is 0.272 e. The third kappa shape index (κ3) is 3.63. The molecule has 2 rings (SSSR count). The fraction of sp³-hybridized carbons (Fsp3) is 0.133. The van der Waals surface area contributed by atoms with Crippen LogP contribution < -0.4 is 11.1 Å². The van der Waals surface area contributed by atoms with Gasteiger partial charge in [-0.3, -0.25) is 4.79 Å². The molecule has 0 radical (unpaired) electrons. The van der Waals surface area contributed by atoms with E-state index in [2.05, 4.69) is 17.2 Å². The highest BCUT2D eigenvalue weighted by molar-refractivity contribution is 6.31. The van der Waals surface area contributed by atoms with Gasteiger partial charge in [-0.2, -0.15) is 0 Å². The van der Waals surface area contributed by atoms with Crippen molar-refractivity contribution in [3.05, 3.63) is 52.6 Å². The van der Waals surface area contributed by atoms with E-state index in [4.69, 9.17) is 17.3 Å². The molecule has 2 aromatic rings. The zero-order chi connectivity index (χ0) is 15.4. The molecule has 0 atom stereocenters. The summed E-state index contributed by atoms with van der Waals surface area (Å²) >= 11 is 5.81. The third-order valence-electron chi connectivity index (χ3n) is 2.76. The zero-order valence-electron chi connectivity index (χ0n) is 11.3. The van der Waals surface area contributed by atoms with Crippen LogP contribution in [-0.2, 0) is 7.05 Å². The minimum absolute atomic E-state index is 0.0793. The molecule has 0 aliphatic heterocycles. The highest BCUT2D eigenvalue weighted by atomic mass is 35.5. The first kappa shape index (κ1) is 15.1. The number of anilines is 1. The molecule has 0 saturated heterocycles. The van der Waals surface area contributed by atoms with Gasteiger partial charge in [0.05, 0.1) is 17.3 Å². The van der Waals surface area contributed by atoms with Gasteiger partial charge in [-0.25, -0.2) is 4.39 Å². The van der Waals surface area contributed by atoms with Crippen LogP contribution in [0.3, 0.4) is 0 Å². The van der Waals surface area contributed by atoms with E-state index in [1.54, 1.807) is 23.9 Å². The van der Waals surface area contributed by atoms with Crippen LogP contribution >= 0.6 is 11.6 Å². The van der Waals surface area contributed by atoms with Gasteiger partial charge < -0.3 is 15.6 Å². The monoisotopic (exact) mass is 305 g/mol. The Labute approximate surface area is 126 Å². The Morgan fingerprint density at radius 3 is 2.81 bits per heavy atom. The number of hydrogen-bond acceptors (Lipinski definition) is 2. The summed E-state index contributed by atoms with van der Waals surface area (Å²) < 4.78 is 15.5. The molecule has 1 amide bonds. The number of nitrogens with one attached hydrogen (secondary N) is 1. The maximum absolute atomic E-state index is 13.9. The molecule has 0 saturated carbocycles. The van der Waals surface area contributed by atoms with Gasteiger partial charge in [0, 0.05) is 18.8 Å². The molecular weight excluding hydrogens is 293 g/mol. The average Bonchev–Trinajstić information content (AvgIpc) is 2.78. The number of amides is 1. The highest BCUT2D eigenvalue weighted by Crippen LogP contribution is 2.18. The predicted molar refractivity (Wildman–Crippen MR) is 80.7 cm³/mol. The van der Waals surface area contributed by atoms with E-state index in [0.29, 0.717) is 16.3 Å². The van der Waals surface area contributed by atoms with Gasteiger partial charge in [0.1, 0.15) is 11.5 Å². The van der Waals surface area contributed by atoms with E-state index >= 15 is 0 Å². The fourth-order valence-electron chi connectivity index (χ4n) is 1.78. The third-order valence-corrected chi connectivity index (χ3v) is 2.96. The number of rotatable bonds is 2. The van der Waals surface area contributed by atoms with Crippen LogP contribution in [0.15, 0.2) is 30.5 Å². The zero-order valence-corrected chi connectivity index (χ0v) is 12.0. The summed E-state index contributed by atoms with van der Waals surface area (Å²) in [4.78, 5) is 12.1. The van der Waals surface area contributed by atoms with Crippen LogP contribution in [0.25, 0.3) is 0 Å². The number of nitrogens with two attached hydrogens (primary N) is 1. The van der Waals surface area contributed by atoms with Crippen LogP contribution in [0.2, 0.25) is 5.02 Å². The summed E-state index contributed by atoms with van der Waals surface area (Å²) in [6.45, 7) is 0.203. The van der Waals surface area contributed by atoms with Crippen molar-refractivity contribution >= 4 is 23.2 Å². The number of hydrogen-bond donors (Lipinski definition) is 2. The maximum Gasteiger partial charge on any atom is 0.272 e. The first-order chi connectivity index (χ1) is 10.0. The van der Waals surface area contributed by atoms with E-state index in [1.807, 2.05) is 0 Å². The lowest BCUT2D eigenvalue weighted by atomic mass is 10.2. The summed E-state index contributed by atoms with van der Waals surface area (Å²) in [7, 11) is 1.68.